The lowest BCUT2D eigenvalue weighted by Crippen LogP contribution is -2.29. The van der Waals surface area contributed by atoms with Gasteiger partial charge in [0.15, 0.2) is 5.75 Å². The Morgan fingerprint density at radius 3 is 2.51 bits per heavy atom. The molecule has 1 atom stereocenters. The molecule has 4 aromatic rings. The number of rotatable bonds is 8. The molecule has 2 saturated heterocycles. The number of anilines is 1. The van der Waals surface area contributed by atoms with Gasteiger partial charge in [-0.05, 0) is 67.6 Å². The number of carbonyl (C=O) groups is 2. The van der Waals surface area contributed by atoms with Crippen LogP contribution in [-0.4, -0.2) is 39.0 Å². The lowest BCUT2D eigenvalue weighted by atomic mass is 10.1. The molecule has 0 aliphatic carbocycles. The van der Waals surface area contributed by atoms with Gasteiger partial charge in [0.2, 0.25) is 5.91 Å². The number of carbonyl (C=O) groups excluding carboxylic acids is 2. The largest absolute Gasteiger partial charge is 0.486 e. The number of thioether (sulfide) groups is 1. The van der Waals surface area contributed by atoms with Crippen molar-refractivity contribution in [1.29, 1.82) is 0 Å². The topological polar surface area (TPSA) is 85.7 Å². The summed E-state index contributed by atoms with van der Waals surface area (Å²) in [6.07, 6.45) is 4.22. The van der Waals surface area contributed by atoms with Gasteiger partial charge in [-0.1, -0.05) is 36.0 Å². The summed E-state index contributed by atoms with van der Waals surface area (Å²) >= 11 is 1.04. The van der Waals surface area contributed by atoms with E-state index in [-0.39, 0.29) is 16.4 Å². The standard InChI is InChI=1S/C30H30N4O4S/c1-33-25-18-22(38-26-8-4-3-7-24(26)34-15-5-2-6-16-34)13-14-23(25)31-28(33)19-37-21-11-9-20(10-12-21)17-27-29(35)32-30(36)39-27/h3-4,7-14,18,27H,2,5-6,15-17,19H2,1H3,(H,32,35,36). The molecule has 0 spiro atoms. The number of aromatic nitrogens is 2. The molecule has 8 nitrogen and oxygen atoms in total. The number of aryl methyl sites for hydroxylation is 1. The van der Waals surface area contributed by atoms with Crippen molar-refractivity contribution in [3.8, 4) is 17.2 Å². The van der Waals surface area contributed by atoms with Gasteiger partial charge in [-0.15, -0.1) is 0 Å². The number of hydrogen-bond acceptors (Lipinski definition) is 7. The minimum absolute atomic E-state index is 0.230. The van der Waals surface area contributed by atoms with Crippen LogP contribution < -0.4 is 19.7 Å². The molecule has 6 rings (SSSR count). The van der Waals surface area contributed by atoms with Crippen molar-refractivity contribution in [3.05, 3.63) is 78.1 Å². The number of ether oxygens (including phenoxy) is 2. The van der Waals surface area contributed by atoms with Crippen molar-refractivity contribution in [3.63, 3.8) is 0 Å². The molecule has 200 valence electrons. The van der Waals surface area contributed by atoms with Crippen LogP contribution in [0.1, 0.15) is 30.7 Å². The summed E-state index contributed by atoms with van der Waals surface area (Å²) in [6, 6.07) is 21.8. The van der Waals surface area contributed by atoms with Gasteiger partial charge in [-0.3, -0.25) is 14.9 Å². The monoisotopic (exact) mass is 542 g/mol. The molecule has 1 unspecified atom stereocenters. The molecule has 2 aliphatic heterocycles. The second-order valence-corrected chi connectivity index (χ2v) is 11.1. The predicted octanol–water partition coefficient (Wildman–Crippen LogP) is 5.83. The number of nitrogens with zero attached hydrogens (tertiary/aromatic N) is 3. The number of amides is 2. The second kappa shape index (κ2) is 11.0. The van der Waals surface area contributed by atoms with E-state index in [0.717, 1.165) is 64.5 Å². The maximum Gasteiger partial charge on any atom is 0.286 e. The quantitative estimate of drug-likeness (QED) is 0.300. The average Bonchev–Trinajstić information content (AvgIpc) is 3.45. The van der Waals surface area contributed by atoms with Crippen LogP contribution in [0.3, 0.4) is 0 Å². The molecule has 2 fully saturated rings. The number of fused-ring (bicyclic) bond motifs is 1. The van der Waals surface area contributed by atoms with E-state index in [1.54, 1.807) is 0 Å². The van der Waals surface area contributed by atoms with Crippen LogP contribution >= 0.6 is 11.8 Å². The Labute approximate surface area is 231 Å². The first-order chi connectivity index (χ1) is 19.0. The number of hydrogen-bond donors (Lipinski definition) is 1. The van der Waals surface area contributed by atoms with Gasteiger partial charge >= 0.3 is 0 Å². The summed E-state index contributed by atoms with van der Waals surface area (Å²) < 4.78 is 14.4. The van der Waals surface area contributed by atoms with Crippen LogP contribution in [0.2, 0.25) is 0 Å². The van der Waals surface area contributed by atoms with Crippen molar-refractivity contribution >= 4 is 39.6 Å². The van der Waals surface area contributed by atoms with Crippen LogP contribution in [0.15, 0.2) is 66.7 Å². The molecule has 39 heavy (non-hydrogen) atoms. The van der Waals surface area contributed by atoms with Crippen LogP contribution in [0.5, 0.6) is 17.2 Å². The van der Waals surface area contributed by atoms with Crippen LogP contribution in [0.25, 0.3) is 11.0 Å². The van der Waals surface area contributed by atoms with E-state index in [1.807, 2.05) is 66.2 Å². The van der Waals surface area contributed by atoms with E-state index < -0.39 is 0 Å². The fourth-order valence-electron chi connectivity index (χ4n) is 5.09. The Kier molecular flexibility index (Phi) is 7.15. The van der Waals surface area contributed by atoms with E-state index >= 15 is 0 Å². The summed E-state index contributed by atoms with van der Waals surface area (Å²) in [5.41, 5.74) is 3.96. The zero-order valence-corrected chi connectivity index (χ0v) is 22.6. The molecule has 2 amide bonds. The molecule has 3 heterocycles. The van der Waals surface area contributed by atoms with Crippen molar-refractivity contribution in [1.82, 2.24) is 14.9 Å². The van der Waals surface area contributed by atoms with Crippen LogP contribution in [0.4, 0.5) is 10.5 Å². The highest BCUT2D eigenvalue weighted by molar-refractivity contribution is 8.15. The highest BCUT2D eigenvalue weighted by atomic mass is 32.2. The van der Waals surface area contributed by atoms with E-state index in [0.29, 0.717) is 18.8 Å². The molecule has 0 bridgehead atoms. The number of imidazole rings is 1. The maximum atomic E-state index is 11.8. The molecule has 1 N–H and O–H groups in total. The summed E-state index contributed by atoms with van der Waals surface area (Å²) in [5.74, 6) is 2.92. The Hall–Kier alpha value is -3.98. The molecule has 9 heteroatoms. The Morgan fingerprint density at radius 1 is 0.974 bits per heavy atom. The Balaban J connectivity index is 1.12. The highest BCUT2D eigenvalue weighted by Gasteiger charge is 2.31. The Bertz CT molecular complexity index is 1510. The van der Waals surface area contributed by atoms with Crippen LogP contribution in [-0.2, 0) is 24.9 Å². The molecular weight excluding hydrogens is 512 g/mol. The molecule has 0 radical (unpaired) electrons. The summed E-state index contributed by atoms with van der Waals surface area (Å²) in [7, 11) is 1.98. The number of benzene rings is 3. The van der Waals surface area contributed by atoms with Crippen molar-refractivity contribution in [2.24, 2.45) is 7.05 Å². The van der Waals surface area contributed by atoms with Gasteiger partial charge in [0.05, 0.1) is 22.0 Å². The van der Waals surface area contributed by atoms with Gasteiger partial charge in [0.1, 0.15) is 23.9 Å². The summed E-state index contributed by atoms with van der Waals surface area (Å²) in [5, 5.41) is 1.66. The smallest absolute Gasteiger partial charge is 0.286 e. The fraction of sp³-hybridized carbons (Fsp3) is 0.300. The average molecular weight is 543 g/mol. The predicted molar refractivity (Wildman–Crippen MR) is 153 cm³/mol. The van der Waals surface area contributed by atoms with Crippen molar-refractivity contribution in [2.45, 2.75) is 37.5 Å². The first-order valence-electron chi connectivity index (χ1n) is 13.2. The third-order valence-corrected chi connectivity index (χ3v) is 8.20. The van der Waals surface area contributed by atoms with Crippen molar-refractivity contribution in [2.75, 3.05) is 18.0 Å². The Morgan fingerprint density at radius 2 is 1.74 bits per heavy atom. The van der Waals surface area contributed by atoms with Gasteiger partial charge in [-0.2, -0.15) is 0 Å². The normalized spacial score (nSPS) is 17.5. The van der Waals surface area contributed by atoms with Gasteiger partial charge in [0, 0.05) is 26.2 Å². The number of para-hydroxylation sites is 2. The van der Waals surface area contributed by atoms with Gasteiger partial charge in [0.25, 0.3) is 5.24 Å². The molecule has 1 aromatic heterocycles. The summed E-state index contributed by atoms with van der Waals surface area (Å²) in [4.78, 5) is 30.4. The minimum Gasteiger partial charge on any atom is -0.486 e. The fourth-order valence-corrected chi connectivity index (χ4v) is 5.95. The zero-order valence-electron chi connectivity index (χ0n) is 21.8. The minimum atomic E-state index is -0.378. The lowest BCUT2D eigenvalue weighted by molar-refractivity contribution is -0.118. The molecule has 2 aliphatic rings. The number of imide groups is 1. The first kappa shape index (κ1) is 25.3. The van der Waals surface area contributed by atoms with E-state index in [9.17, 15) is 9.59 Å². The first-order valence-corrected chi connectivity index (χ1v) is 14.1. The maximum absolute atomic E-state index is 11.8. The van der Waals surface area contributed by atoms with Gasteiger partial charge in [-0.25, -0.2) is 4.98 Å². The van der Waals surface area contributed by atoms with E-state index in [1.165, 1.54) is 19.3 Å². The molecule has 0 saturated carbocycles. The number of piperidine rings is 1. The van der Waals surface area contributed by atoms with Gasteiger partial charge < -0.3 is 18.9 Å². The second-order valence-electron chi connectivity index (χ2n) is 9.88. The van der Waals surface area contributed by atoms with Crippen LogP contribution in [0, 0.1) is 0 Å². The lowest BCUT2D eigenvalue weighted by Gasteiger charge is -2.30. The SMILES string of the molecule is Cn1c(COc2ccc(CC3SC(=O)NC3=O)cc2)nc2ccc(Oc3ccccc3N3CCCCC3)cc21. The van der Waals surface area contributed by atoms with Crippen molar-refractivity contribution < 1.29 is 19.1 Å². The third-order valence-electron chi connectivity index (χ3n) is 7.21. The molecular formula is C30H30N4O4S. The summed E-state index contributed by atoms with van der Waals surface area (Å²) in [6.45, 7) is 2.43. The molecule has 3 aromatic carbocycles. The van der Waals surface area contributed by atoms with E-state index in [4.69, 9.17) is 14.5 Å². The third kappa shape index (κ3) is 5.59. The van der Waals surface area contributed by atoms with E-state index in [2.05, 4.69) is 22.3 Å². The number of nitrogens with one attached hydrogen (secondary N) is 1. The highest BCUT2D eigenvalue weighted by Crippen LogP contribution is 2.35. The zero-order chi connectivity index (χ0) is 26.8.